The summed E-state index contributed by atoms with van der Waals surface area (Å²) in [5.41, 5.74) is 3.61. The summed E-state index contributed by atoms with van der Waals surface area (Å²) in [7, 11) is 1.20. The van der Waals surface area contributed by atoms with Gasteiger partial charge in [-0.1, -0.05) is 11.8 Å². The number of rotatable bonds is 7. The predicted octanol–water partition coefficient (Wildman–Crippen LogP) is 5.36. The molecular weight excluding hydrogens is 502 g/mol. The van der Waals surface area contributed by atoms with E-state index in [0.717, 1.165) is 49.1 Å². The molecule has 0 N–H and O–H groups in total. The first kappa shape index (κ1) is 25.3. The fraction of sp³-hybridized carbons (Fsp3) is 0.160. The Labute approximate surface area is 215 Å². The molecule has 0 atom stereocenters. The van der Waals surface area contributed by atoms with Crippen LogP contribution >= 0.6 is 23.5 Å². The van der Waals surface area contributed by atoms with Crippen LogP contribution in [0.1, 0.15) is 17.0 Å². The van der Waals surface area contributed by atoms with Crippen LogP contribution in [0, 0.1) is 24.0 Å². The molecular formula is C25H21N3O6S2. The molecule has 0 unspecified atom stereocenters. The second kappa shape index (κ2) is 10.4. The summed E-state index contributed by atoms with van der Waals surface area (Å²) >= 11 is 2.30. The van der Waals surface area contributed by atoms with Gasteiger partial charge >= 0.3 is 5.97 Å². The number of aromatic nitrogens is 1. The van der Waals surface area contributed by atoms with Crippen molar-refractivity contribution in [2.45, 2.75) is 23.6 Å². The molecule has 1 aromatic heterocycles. The molecule has 184 valence electrons. The van der Waals surface area contributed by atoms with Gasteiger partial charge in [0.05, 0.1) is 16.9 Å². The molecule has 0 bridgehead atoms. The summed E-state index contributed by atoms with van der Waals surface area (Å²) in [6.45, 7) is 3.46. The number of hydrogen-bond donors (Lipinski definition) is 0. The van der Waals surface area contributed by atoms with E-state index in [0.29, 0.717) is 0 Å². The number of aryl methyl sites for hydroxylation is 1. The number of benzene rings is 2. The van der Waals surface area contributed by atoms with Gasteiger partial charge in [-0.2, -0.15) is 0 Å². The minimum atomic E-state index is -0.660. The van der Waals surface area contributed by atoms with Gasteiger partial charge in [0.15, 0.2) is 0 Å². The monoisotopic (exact) mass is 523 g/mol. The Morgan fingerprint density at radius 1 is 1.08 bits per heavy atom. The Hall–Kier alpha value is -3.83. The van der Waals surface area contributed by atoms with E-state index in [2.05, 4.69) is 4.74 Å². The molecule has 0 aliphatic carbocycles. The Morgan fingerprint density at radius 2 is 1.69 bits per heavy atom. The molecule has 4 rings (SSSR count). The molecule has 3 aromatic rings. The molecule has 0 saturated carbocycles. The van der Waals surface area contributed by atoms with Crippen LogP contribution < -0.4 is 0 Å². The van der Waals surface area contributed by atoms with E-state index in [1.807, 2.05) is 48.7 Å². The van der Waals surface area contributed by atoms with Crippen molar-refractivity contribution < 1.29 is 24.0 Å². The first-order valence-electron chi connectivity index (χ1n) is 10.7. The summed E-state index contributed by atoms with van der Waals surface area (Å²) in [6.07, 6.45) is 1.67. The van der Waals surface area contributed by atoms with Crippen molar-refractivity contribution in [3.8, 4) is 5.69 Å². The number of carbonyl (C=O) groups is 3. The lowest BCUT2D eigenvalue weighted by atomic mass is 10.2. The van der Waals surface area contributed by atoms with E-state index in [1.54, 1.807) is 18.2 Å². The van der Waals surface area contributed by atoms with Crippen LogP contribution in [0.5, 0.6) is 0 Å². The minimum Gasteiger partial charge on any atom is -0.468 e. The smallest absolute Gasteiger partial charge is 0.325 e. The third kappa shape index (κ3) is 5.21. The lowest BCUT2D eigenvalue weighted by Crippen LogP contribution is -2.34. The average Bonchev–Trinajstić information content (AvgIpc) is 3.28. The largest absolute Gasteiger partial charge is 0.468 e. The fourth-order valence-corrected chi connectivity index (χ4v) is 5.38. The van der Waals surface area contributed by atoms with Gasteiger partial charge in [-0.3, -0.25) is 29.4 Å². The normalized spacial score (nSPS) is 14.5. The number of thioether (sulfide) groups is 1. The Morgan fingerprint density at radius 3 is 2.28 bits per heavy atom. The highest BCUT2D eigenvalue weighted by Gasteiger charge is 2.36. The van der Waals surface area contributed by atoms with Crippen LogP contribution in [0.2, 0.25) is 0 Å². The van der Waals surface area contributed by atoms with Crippen LogP contribution in [0.25, 0.3) is 11.8 Å². The maximum absolute atomic E-state index is 12.6. The lowest BCUT2D eigenvalue weighted by molar-refractivity contribution is -0.384. The molecule has 1 saturated heterocycles. The van der Waals surface area contributed by atoms with E-state index in [9.17, 15) is 24.5 Å². The van der Waals surface area contributed by atoms with E-state index < -0.39 is 28.6 Å². The number of hydrogen-bond acceptors (Lipinski definition) is 8. The van der Waals surface area contributed by atoms with Gasteiger partial charge in [0.1, 0.15) is 6.54 Å². The third-order valence-electron chi connectivity index (χ3n) is 5.52. The Kier molecular flexibility index (Phi) is 7.32. The van der Waals surface area contributed by atoms with E-state index in [4.69, 9.17) is 0 Å². The number of amides is 2. The number of esters is 1. The molecule has 2 aromatic carbocycles. The van der Waals surface area contributed by atoms with Gasteiger partial charge in [0.2, 0.25) is 0 Å². The summed E-state index contributed by atoms with van der Waals surface area (Å²) in [5.74, 6) is -1.18. The number of nitrogens with zero attached hydrogens (tertiary/aromatic N) is 3. The van der Waals surface area contributed by atoms with Gasteiger partial charge in [-0.05, 0) is 79.7 Å². The lowest BCUT2D eigenvalue weighted by Gasteiger charge is -2.11. The van der Waals surface area contributed by atoms with Gasteiger partial charge in [-0.15, -0.1) is 0 Å². The summed E-state index contributed by atoms with van der Waals surface area (Å²) in [5, 5.41) is 10.3. The summed E-state index contributed by atoms with van der Waals surface area (Å²) < 4.78 is 6.61. The van der Waals surface area contributed by atoms with Crippen molar-refractivity contribution in [1.29, 1.82) is 0 Å². The molecule has 0 radical (unpaired) electrons. The maximum Gasteiger partial charge on any atom is 0.325 e. The number of nitro groups is 1. The molecule has 11 heteroatoms. The summed E-state index contributed by atoms with van der Waals surface area (Å²) in [6, 6.07) is 16.2. The highest BCUT2D eigenvalue weighted by Crippen LogP contribution is 2.34. The molecule has 9 nitrogen and oxygen atoms in total. The zero-order valence-corrected chi connectivity index (χ0v) is 21.2. The number of methoxy groups -OCH3 is 1. The molecule has 36 heavy (non-hydrogen) atoms. The van der Waals surface area contributed by atoms with Crippen molar-refractivity contribution in [3.05, 3.63) is 86.6 Å². The van der Waals surface area contributed by atoms with E-state index in [-0.39, 0.29) is 10.6 Å². The molecule has 2 heterocycles. The zero-order chi connectivity index (χ0) is 26.0. The van der Waals surface area contributed by atoms with Crippen LogP contribution in [-0.2, 0) is 14.3 Å². The van der Waals surface area contributed by atoms with Crippen LogP contribution in [-0.4, -0.2) is 45.2 Å². The van der Waals surface area contributed by atoms with Crippen molar-refractivity contribution in [1.82, 2.24) is 9.47 Å². The Balaban J connectivity index is 1.53. The Bertz CT molecular complexity index is 1390. The first-order valence-corrected chi connectivity index (χ1v) is 12.3. The van der Waals surface area contributed by atoms with Gasteiger partial charge in [-0.25, -0.2) is 0 Å². The topological polar surface area (TPSA) is 112 Å². The minimum absolute atomic E-state index is 0.0530. The highest BCUT2D eigenvalue weighted by molar-refractivity contribution is 8.18. The maximum atomic E-state index is 12.6. The molecule has 0 spiro atoms. The van der Waals surface area contributed by atoms with Gasteiger partial charge in [0, 0.05) is 39.0 Å². The highest BCUT2D eigenvalue weighted by atomic mass is 32.2. The zero-order valence-electron chi connectivity index (χ0n) is 19.6. The van der Waals surface area contributed by atoms with Crippen molar-refractivity contribution in [3.63, 3.8) is 0 Å². The number of ether oxygens (including phenoxy) is 1. The standard InChI is InChI=1S/C25H21N3O6S2/c1-15-12-17(13-22-24(30)26(25(31)36-22)14-23(29)34-3)16(2)27(15)18-4-8-20(9-5-18)35-21-10-6-19(7-11-21)28(32)33/h4-13H,14H2,1-3H3/b22-13-. The SMILES string of the molecule is COC(=O)CN1C(=O)S/C(=C\c2cc(C)n(-c3ccc(Sc4ccc([N+](=O)[O-])cc4)cc3)c2C)C1=O. The quantitative estimate of drug-likeness (QED) is 0.176. The second-order valence-electron chi connectivity index (χ2n) is 7.85. The third-order valence-corrected chi connectivity index (χ3v) is 7.45. The molecule has 2 amide bonds. The van der Waals surface area contributed by atoms with E-state index >= 15 is 0 Å². The number of carbonyl (C=O) groups excluding carboxylic acids is 3. The predicted molar refractivity (Wildman–Crippen MR) is 137 cm³/mol. The van der Waals surface area contributed by atoms with Crippen molar-refractivity contribution in [2.24, 2.45) is 0 Å². The summed E-state index contributed by atoms with van der Waals surface area (Å²) in [4.78, 5) is 49.8. The molecule has 1 fully saturated rings. The number of nitro benzene ring substituents is 1. The van der Waals surface area contributed by atoms with Crippen LogP contribution in [0.3, 0.4) is 0 Å². The van der Waals surface area contributed by atoms with Gasteiger partial charge in [0.25, 0.3) is 16.8 Å². The first-order chi connectivity index (χ1) is 17.2. The van der Waals surface area contributed by atoms with Crippen molar-refractivity contribution in [2.75, 3.05) is 13.7 Å². The number of non-ortho nitro benzene ring substituents is 1. The van der Waals surface area contributed by atoms with E-state index in [1.165, 1.54) is 31.0 Å². The second-order valence-corrected chi connectivity index (χ2v) is 9.99. The molecule has 1 aliphatic rings. The number of imide groups is 1. The van der Waals surface area contributed by atoms with Crippen LogP contribution in [0.15, 0.2) is 69.3 Å². The molecule has 1 aliphatic heterocycles. The van der Waals surface area contributed by atoms with Crippen molar-refractivity contribution >= 4 is 52.4 Å². The average molecular weight is 524 g/mol. The fourth-order valence-electron chi connectivity index (χ4n) is 3.74. The van der Waals surface area contributed by atoms with Crippen LogP contribution in [0.4, 0.5) is 10.5 Å². The van der Waals surface area contributed by atoms with Gasteiger partial charge < -0.3 is 9.30 Å².